The minimum absolute atomic E-state index is 0.0266. The molecule has 0 aliphatic carbocycles. The van der Waals surface area contributed by atoms with E-state index >= 15 is 0 Å². The van der Waals surface area contributed by atoms with Crippen molar-refractivity contribution in [2.24, 2.45) is 0 Å². The molecule has 1 aromatic rings. The largest absolute Gasteiger partial charge is 0.478 e. The highest BCUT2D eigenvalue weighted by Gasteiger charge is 2.40. The number of benzene rings is 1. The minimum Gasteiger partial charge on any atom is -0.478 e. The molecule has 6 nitrogen and oxygen atoms in total. The van der Waals surface area contributed by atoms with E-state index in [1.165, 1.54) is 18.2 Å². The normalized spacial score (nSPS) is 28.5. The van der Waals surface area contributed by atoms with E-state index < -0.39 is 10.9 Å². The van der Waals surface area contributed by atoms with Crippen molar-refractivity contribution in [1.82, 2.24) is 4.90 Å². The van der Waals surface area contributed by atoms with E-state index in [2.05, 4.69) is 11.9 Å². The van der Waals surface area contributed by atoms with Crippen molar-refractivity contribution < 1.29 is 14.8 Å². The van der Waals surface area contributed by atoms with Crippen LogP contribution in [0.3, 0.4) is 0 Å². The van der Waals surface area contributed by atoms with E-state index in [0.29, 0.717) is 17.6 Å². The summed E-state index contributed by atoms with van der Waals surface area (Å²) in [4.78, 5) is 24.3. The van der Waals surface area contributed by atoms with Crippen LogP contribution in [-0.4, -0.2) is 40.0 Å². The summed E-state index contributed by atoms with van der Waals surface area (Å²) in [5.74, 6) is -0.907. The van der Waals surface area contributed by atoms with Crippen LogP contribution >= 0.6 is 0 Å². The number of nitro benzene ring substituents is 1. The maximum Gasteiger partial charge on any atom is 0.335 e. The van der Waals surface area contributed by atoms with Gasteiger partial charge in [0.05, 0.1) is 10.5 Å². The van der Waals surface area contributed by atoms with Crippen LogP contribution in [0.25, 0.3) is 0 Å². The third-order valence-corrected chi connectivity index (χ3v) is 5.01. The number of carbonyl (C=O) groups is 1. The Balaban J connectivity index is 1.98. The fraction of sp³-hybridized carbons (Fsp3) is 0.533. The van der Waals surface area contributed by atoms with Crippen LogP contribution in [0.1, 0.15) is 47.5 Å². The second-order valence-corrected chi connectivity index (χ2v) is 6.05. The van der Waals surface area contributed by atoms with Crippen LogP contribution in [0.2, 0.25) is 0 Å². The second kappa shape index (κ2) is 5.11. The molecule has 0 spiro atoms. The first-order valence-electron chi connectivity index (χ1n) is 7.21. The summed E-state index contributed by atoms with van der Waals surface area (Å²) in [5.41, 5.74) is 0.803. The van der Waals surface area contributed by atoms with Gasteiger partial charge in [-0.25, -0.2) is 4.79 Å². The van der Waals surface area contributed by atoms with Gasteiger partial charge in [-0.15, -0.1) is 0 Å². The van der Waals surface area contributed by atoms with Crippen LogP contribution in [0.4, 0.5) is 5.69 Å². The molecule has 21 heavy (non-hydrogen) atoms. The van der Waals surface area contributed by atoms with Crippen molar-refractivity contribution in [3.05, 3.63) is 39.4 Å². The molecule has 2 unspecified atom stereocenters. The van der Waals surface area contributed by atoms with Crippen molar-refractivity contribution in [3.63, 3.8) is 0 Å². The lowest BCUT2D eigenvalue weighted by atomic mass is 9.83. The fourth-order valence-electron chi connectivity index (χ4n) is 3.86. The Morgan fingerprint density at radius 1 is 1.33 bits per heavy atom. The third kappa shape index (κ3) is 2.40. The number of rotatable bonds is 3. The molecule has 2 saturated heterocycles. The number of nitro groups is 1. The summed E-state index contributed by atoms with van der Waals surface area (Å²) in [6.07, 6.45) is 4.03. The Bertz CT molecular complexity index is 587. The first-order valence-corrected chi connectivity index (χ1v) is 7.21. The predicted molar refractivity (Wildman–Crippen MR) is 76.6 cm³/mol. The van der Waals surface area contributed by atoms with E-state index in [-0.39, 0.29) is 17.2 Å². The first-order chi connectivity index (χ1) is 9.97. The predicted octanol–water partition coefficient (Wildman–Crippen LogP) is 2.63. The molecule has 0 radical (unpaired) electrons. The van der Waals surface area contributed by atoms with E-state index in [1.807, 2.05) is 0 Å². The lowest BCUT2D eigenvalue weighted by molar-refractivity contribution is -0.384. The molecule has 112 valence electrons. The van der Waals surface area contributed by atoms with Crippen LogP contribution < -0.4 is 0 Å². The highest BCUT2D eigenvalue weighted by atomic mass is 16.6. The summed E-state index contributed by atoms with van der Waals surface area (Å²) in [6.45, 7) is 0. The lowest BCUT2D eigenvalue weighted by Crippen LogP contribution is -2.39. The fourth-order valence-corrected chi connectivity index (χ4v) is 3.86. The average Bonchev–Trinajstić information content (AvgIpc) is 2.67. The number of piperidine rings is 1. The molecule has 1 N–H and O–H groups in total. The molecule has 1 aromatic carbocycles. The van der Waals surface area contributed by atoms with Crippen LogP contribution in [0.15, 0.2) is 18.2 Å². The molecule has 2 aliphatic rings. The van der Waals surface area contributed by atoms with Crippen LogP contribution in [-0.2, 0) is 0 Å². The quantitative estimate of drug-likeness (QED) is 0.683. The molecule has 0 amide bonds. The van der Waals surface area contributed by atoms with Gasteiger partial charge in [0.1, 0.15) is 0 Å². The van der Waals surface area contributed by atoms with Gasteiger partial charge in [-0.1, -0.05) is 0 Å². The molecular formula is C15H18N2O4. The Labute approximate surface area is 122 Å². The SMILES string of the molecule is CN1C2CCC1CC(c1cc([N+](=O)[O-])ccc1C(=O)O)C2. The van der Waals surface area contributed by atoms with E-state index in [0.717, 1.165) is 25.7 Å². The van der Waals surface area contributed by atoms with E-state index in [9.17, 15) is 20.0 Å². The number of hydrogen-bond acceptors (Lipinski definition) is 4. The van der Waals surface area contributed by atoms with Gasteiger partial charge >= 0.3 is 5.97 Å². The topological polar surface area (TPSA) is 83.7 Å². The maximum atomic E-state index is 11.4. The Morgan fingerprint density at radius 2 is 1.95 bits per heavy atom. The first kappa shape index (κ1) is 14.0. The molecule has 3 rings (SSSR count). The Kier molecular flexibility index (Phi) is 3.41. The molecule has 2 aliphatic heterocycles. The molecular weight excluding hydrogens is 272 g/mol. The van der Waals surface area contributed by atoms with Gasteiger partial charge in [-0.2, -0.15) is 0 Å². The molecule has 2 atom stereocenters. The summed E-state index contributed by atoms with van der Waals surface area (Å²) >= 11 is 0. The van der Waals surface area contributed by atoms with E-state index in [4.69, 9.17) is 0 Å². The molecule has 2 heterocycles. The number of aromatic carboxylic acids is 1. The molecule has 0 aromatic heterocycles. The molecule has 2 fully saturated rings. The Hall–Kier alpha value is -1.95. The van der Waals surface area contributed by atoms with Gasteiger partial charge in [-0.05, 0) is 50.3 Å². The van der Waals surface area contributed by atoms with Crippen molar-refractivity contribution in [2.45, 2.75) is 43.7 Å². The zero-order chi connectivity index (χ0) is 15.1. The van der Waals surface area contributed by atoms with Crippen molar-refractivity contribution in [3.8, 4) is 0 Å². The zero-order valence-electron chi connectivity index (χ0n) is 11.9. The second-order valence-electron chi connectivity index (χ2n) is 6.05. The maximum absolute atomic E-state index is 11.4. The summed E-state index contributed by atoms with van der Waals surface area (Å²) in [7, 11) is 2.12. The van der Waals surface area contributed by atoms with Crippen molar-refractivity contribution in [2.75, 3.05) is 7.05 Å². The van der Waals surface area contributed by atoms with Gasteiger partial charge < -0.3 is 10.0 Å². The van der Waals surface area contributed by atoms with Crippen molar-refractivity contribution in [1.29, 1.82) is 0 Å². The minimum atomic E-state index is -1.01. The Morgan fingerprint density at radius 3 is 2.48 bits per heavy atom. The lowest BCUT2D eigenvalue weighted by Gasteiger charge is -2.36. The van der Waals surface area contributed by atoms with Gasteiger partial charge in [0.25, 0.3) is 5.69 Å². The standard InChI is InChI=1S/C15H18N2O4/c1-16-10-2-3-11(16)7-9(6-10)14-8-12(17(20)21)4-5-13(14)15(18)19/h4-5,8-11H,2-3,6-7H2,1H3,(H,18,19). The van der Waals surface area contributed by atoms with Crippen LogP contribution in [0.5, 0.6) is 0 Å². The number of carboxylic acid groups (broad SMARTS) is 1. The number of nitrogens with zero attached hydrogens (tertiary/aromatic N) is 2. The molecule has 0 saturated carbocycles. The summed E-state index contributed by atoms with van der Waals surface area (Å²) in [6, 6.07) is 5.04. The smallest absolute Gasteiger partial charge is 0.335 e. The molecule has 2 bridgehead atoms. The number of fused-ring (bicyclic) bond motifs is 2. The van der Waals surface area contributed by atoms with Crippen molar-refractivity contribution >= 4 is 11.7 Å². The van der Waals surface area contributed by atoms with Gasteiger partial charge in [0.2, 0.25) is 0 Å². The van der Waals surface area contributed by atoms with Gasteiger partial charge in [0, 0.05) is 24.2 Å². The number of hydrogen-bond donors (Lipinski definition) is 1. The molecule has 6 heteroatoms. The zero-order valence-corrected chi connectivity index (χ0v) is 11.9. The number of non-ortho nitro benzene ring substituents is 1. The van der Waals surface area contributed by atoms with Gasteiger partial charge in [-0.3, -0.25) is 10.1 Å². The highest BCUT2D eigenvalue weighted by Crippen LogP contribution is 2.43. The monoisotopic (exact) mass is 290 g/mol. The third-order valence-electron chi connectivity index (χ3n) is 5.01. The van der Waals surface area contributed by atoms with Crippen LogP contribution in [0, 0.1) is 10.1 Å². The average molecular weight is 290 g/mol. The summed E-state index contributed by atoms with van der Waals surface area (Å²) in [5, 5.41) is 20.3. The highest BCUT2D eigenvalue weighted by molar-refractivity contribution is 5.90. The summed E-state index contributed by atoms with van der Waals surface area (Å²) < 4.78 is 0. The number of carboxylic acids is 1. The van der Waals surface area contributed by atoms with Gasteiger partial charge in [0.15, 0.2) is 0 Å². The van der Waals surface area contributed by atoms with E-state index in [1.54, 1.807) is 0 Å².